The van der Waals surface area contributed by atoms with Gasteiger partial charge in [0.15, 0.2) is 11.5 Å². The smallest absolute Gasteiger partial charge is 0.269 e. The third kappa shape index (κ3) is 4.48. The summed E-state index contributed by atoms with van der Waals surface area (Å²) in [6.07, 6.45) is 1.96. The quantitative estimate of drug-likeness (QED) is 0.480. The molecule has 2 aromatic rings. The lowest BCUT2D eigenvalue weighted by Crippen LogP contribution is -2.42. The van der Waals surface area contributed by atoms with Gasteiger partial charge in [-0.1, -0.05) is 6.92 Å². The van der Waals surface area contributed by atoms with Gasteiger partial charge < -0.3 is 19.1 Å². The second-order valence-electron chi connectivity index (χ2n) is 7.07. The lowest BCUT2D eigenvalue weighted by molar-refractivity contribution is -0.384. The molecule has 0 aliphatic carbocycles. The fraction of sp³-hybridized carbons (Fsp3) is 0.409. The van der Waals surface area contributed by atoms with Gasteiger partial charge in [-0.2, -0.15) is 0 Å². The Bertz CT molecular complexity index is 913. The van der Waals surface area contributed by atoms with E-state index in [1.54, 1.807) is 26.4 Å². The summed E-state index contributed by atoms with van der Waals surface area (Å²) < 4.78 is 16.8. The van der Waals surface area contributed by atoms with E-state index in [2.05, 4.69) is 0 Å². The van der Waals surface area contributed by atoms with Crippen molar-refractivity contribution in [1.82, 2.24) is 4.90 Å². The van der Waals surface area contributed by atoms with Crippen LogP contribution in [0.15, 0.2) is 36.4 Å². The first-order chi connectivity index (χ1) is 14.5. The fourth-order valence-corrected chi connectivity index (χ4v) is 3.70. The van der Waals surface area contributed by atoms with Crippen LogP contribution in [0.2, 0.25) is 0 Å². The number of rotatable bonds is 8. The van der Waals surface area contributed by atoms with Crippen LogP contribution in [-0.4, -0.2) is 43.1 Å². The summed E-state index contributed by atoms with van der Waals surface area (Å²) >= 11 is 0. The molecule has 0 saturated heterocycles. The van der Waals surface area contributed by atoms with Gasteiger partial charge in [0.1, 0.15) is 12.4 Å². The van der Waals surface area contributed by atoms with E-state index in [1.807, 2.05) is 24.0 Å². The maximum Gasteiger partial charge on any atom is 0.269 e. The third-order valence-electron chi connectivity index (χ3n) is 5.24. The summed E-state index contributed by atoms with van der Waals surface area (Å²) in [5.74, 6) is 1.84. The molecule has 0 unspecified atom stereocenters. The van der Waals surface area contributed by atoms with Crippen LogP contribution in [0.1, 0.15) is 36.9 Å². The summed E-state index contributed by atoms with van der Waals surface area (Å²) in [7, 11) is 3.18. The Morgan fingerprint density at radius 2 is 1.83 bits per heavy atom. The first-order valence-electron chi connectivity index (χ1n) is 9.90. The van der Waals surface area contributed by atoms with Gasteiger partial charge in [-0.15, -0.1) is 0 Å². The number of hydrogen-bond donors (Lipinski definition) is 0. The monoisotopic (exact) mass is 414 g/mol. The number of ether oxygens (including phenoxy) is 3. The number of nitro groups is 1. The molecule has 1 aliphatic rings. The molecule has 1 amide bonds. The molecule has 8 nitrogen and oxygen atoms in total. The molecule has 1 heterocycles. The van der Waals surface area contributed by atoms with Crippen LogP contribution in [0.3, 0.4) is 0 Å². The first kappa shape index (κ1) is 21.4. The second-order valence-corrected chi connectivity index (χ2v) is 7.07. The summed E-state index contributed by atoms with van der Waals surface area (Å²) in [5.41, 5.74) is 2.05. The summed E-state index contributed by atoms with van der Waals surface area (Å²) in [5, 5.41) is 10.8. The zero-order chi connectivity index (χ0) is 21.7. The second kappa shape index (κ2) is 9.47. The number of nitro benzene ring substituents is 1. The minimum Gasteiger partial charge on any atom is -0.493 e. The zero-order valence-electron chi connectivity index (χ0n) is 17.4. The number of benzene rings is 2. The van der Waals surface area contributed by atoms with Gasteiger partial charge in [0, 0.05) is 25.1 Å². The highest BCUT2D eigenvalue weighted by molar-refractivity contribution is 5.77. The SMILES string of the molecule is CCCC(=O)N1CCc2cc(OC)c(OC)cc2[C@@H]1COc1ccc([N+](=O)[O-])cc1. The van der Waals surface area contributed by atoms with E-state index in [0.29, 0.717) is 30.2 Å². The molecule has 8 heteroatoms. The van der Waals surface area contributed by atoms with E-state index < -0.39 is 4.92 Å². The number of non-ortho nitro benzene ring substituents is 1. The van der Waals surface area contributed by atoms with E-state index in [9.17, 15) is 14.9 Å². The minimum atomic E-state index is -0.452. The highest BCUT2D eigenvalue weighted by Crippen LogP contribution is 2.38. The van der Waals surface area contributed by atoms with Crippen LogP contribution in [-0.2, 0) is 11.2 Å². The normalized spacial score (nSPS) is 15.3. The average Bonchev–Trinajstić information content (AvgIpc) is 2.76. The maximum absolute atomic E-state index is 12.8. The molecule has 30 heavy (non-hydrogen) atoms. The van der Waals surface area contributed by atoms with Crippen LogP contribution in [0.25, 0.3) is 0 Å². The van der Waals surface area contributed by atoms with E-state index in [4.69, 9.17) is 14.2 Å². The molecule has 160 valence electrons. The molecule has 0 bridgehead atoms. The Morgan fingerprint density at radius 3 is 2.43 bits per heavy atom. The van der Waals surface area contributed by atoms with E-state index in [-0.39, 0.29) is 24.2 Å². The Labute approximate surface area is 175 Å². The number of carbonyl (C=O) groups excluding carboxylic acids is 1. The summed E-state index contributed by atoms with van der Waals surface area (Å²) in [6.45, 7) is 2.80. The van der Waals surface area contributed by atoms with Crippen molar-refractivity contribution >= 4 is 11.6 Å². The number of amides is 1. The minimum absolute atomic E-state index is 0.00180. The van der Waals surface area contributed by atoms with Crippen LogP contribution in [0.4, 0.5) is 5.69 Å². The van der Waals surface area contributed by atoms with Crippen molar-refractivity contribution in [1.29, 1.82) is 0 Å². The van der Waals surface area contributed by atoms with Crippen molar-refractivity contribution in [3.05, 3.63) is 57.6 Å². The van der Waals surface area contributed by atoms with Crippen LogP contribution in [0.5, 0.6) is 17.2 Å². The summed E-state index contributed by atoms with van der Waals surface area (Å²) in [4.78, 5) is 25.0. The standard InChI is InChI=1S/C22H26N2O6/c1-4-5-22(25)23-11-10-15-12-20(28-2)21(29-3)13-18(15)19(23)14-30-17-8-6-16(7-9-17)24(26)27/h6-9,12-13,19H,4-5,10-11,14H2,1-3H3/t19-/m0/s1. The van der Waals surface area contributed by atoms with Crippen LogP contribution >= 0.6 is 0 Å². The molecule has 1 aliphatic heterocycles. The lowest BCUT2D eigenvalue weighted by atomic mass is 9.91. The predicted octanol–water partition coefficient (Wildman–Crippen LogP) is 3.92. The van der Waals surface area contributed by atoms with E-state index >= 15 is 0 Å². The Hall–Kier alpha value is -3.29. The molecule has 0 saturated carbocycles. The van der Waals surface area contributed by atoms with Gasteiger partial charge in [0.05, 0.1) is 25.2 Å². The molecule has 0 fully saturated rings. The third-order valence-corrected chi connectivity index (χ3v) is 5.24. The average molecular weight is 414 g/mol. The molecule has 0 aromatic heterocycles. The van der Waals surface area contributed by atoms with Crippen molar-refractivity contribution < 1.29 is 23.9 Å². The molecular formula is C22H26N2O6. The topological polar surface area (TPSA) is 91.1 Å². The van der Waals surface area contributed by atoms with Gasteiger partial charge in [0.2, 0.25) is 5.91 Å². The molecular weight excluding hydrogens is 388 g/mol. The number of methoxy groups -OCH3 is 2. The van der Waals surface area contributed by atoms with Gasteiger partial charge in [-0.25, -0.2) is 0 Å². The van der Waals surface area contributed by atoms with Gasteiger partial charge in [-0.3, -0.25) is 14.9 Å². The van der Waals surface area contributed by atoms with Crippen molar-refractivity contribution in [2.75, 3.05) is 27.4 Å². The van der Waals surface area contributed by atoms with E-state index in [1.165, 1.54) is 12.1 Å². The Morgan fingerprint density at radius 1 is 1.17 bits per heavy atom. The van der Waals surface area contributed by atoms with Gasteiger partial charge in [-0.05, 0) is 48.2 Å². The van der Waals surface area contributed by atoms with Crippen LogP contribution < -0.4 is 14.2 Å². The maximum atomic E-state index is 12.8. The molecule has 0 radical (unpaired) electrons. The van der Waals surface area contributed by atoms with Gasteiger partial charge in [0.25, 0.3) is 5.69 Å². The van der Waals surface area contributed by atoms with Crippen molar-refractivity contribution in [2.45, 2.75) is 32.2 Å². The molecule has 3 rings (SSSR count). The van der Waals surface area contributed by atoms with Crippen molar-refractivity contribution in [3.63, 3.8) is 0 Å². The lowest BCUT2D eigenvalue weighted by Gasteiger charge is -2.37. The largest absolute Gasteiger partial charge is 0.493 e. The zero-order valence-corrected chi connectivity index (χ0v) is 17.4. The van der Waals surface area contributed by atoms with Gasteiger partial charge >= 0.3 is 0 Å². The number of carbonyl (C=O) groups is 1. The van der Waals surface area contributed by atoms with E-state index in [0.717, 1.165) is 24.0 Å². The Balaban J connectivity index is 1.90. The molecule has 0 N–H and O–H groups in total. The predicted molar refractivity (Wildman–Crippen MR) is 111 cm³/mol. The number of hydrogen-bond acceptors (Lipinski definition) is 6. The summed E-state index contributed by atoms with van der Waals surface area (Å²) in [6, 6.07) is 9.50. The van der Waals surface area contributed by atoms with Crippen LogP contribution in [0, 0.1) is 10.1 Å². The fourth-order valence-electron chi connectivity index (χ4n) is 3.70. The number of nitrogens with zero attached hydrogens (tertiary/aromatic N) is 2. The number of fused-ring (bicyclic) bond motifs is 1. The van der Waals surface area contributed by atoms with Crippen molar-refractivity contribution in [2.24, 2.45) is 0 Å². The highest BCUT2D eigenvalue weighted by atomic mass is 16.6. The molecule has 2 aromatic carbocycles. The molecule has 0 spiro atoms. The first-order valence-corrected chi connectivity index (χ1v) is 9.90. The highest BCUT2D eigenvalue weighted by Gasteiger charge is 2.32. The molecule has 1 atom stereocenters. The van der Waals surface area contributed by atoms with Crippen molar-refractivity contribution in [3.8, 4) is 17.2 Å². The Kier molecular flexibility index (Phi) is 6.76.